The van der Waals surface area contributed by atoms with Crippen molar-refractivity contribution in [3.63, 3.8) is 0 Å². The molecule has 2 aromatic carbocycles. The fraction of sp³-hybridized carbons (Fsp3) is 0.0667. The van der Waals surface area contributed by atoms with Gasteiger partial charge in [0.25, 0.3) is 5.69 Å². The van der Waals surface area contributed by atoms with Crippen LogP contribution in [0.15, 0.2) is 48.7 Å². The first-order chi connectivity index (χ1) is 10.1. The van der Waals surface area contributed by atoms with Crippen LogP contribution in [0.25, 0.3) is 10.9 Å². The SMILES string of the molecule is O=[N+]([O-])c1ccc2c(ccn2Cc2cccc(Cl)c2Cl)c1. The van der Waals surface area contributed by atoms with E-state index in [1.807, 2.05) is 29.0 Å². The largest absolute Gasteiger partial charge is 0.343 e. The van der Waals surface area contributed by atoms with Crippen molar-refractivity contribution in [1.29, 1.82) is 0 Å². The standard InChI is InChI=1S/C15H10Cl2N2O2/c16-13-3-1-2-11(15(13)17)9-18-7-6-10-8-12(19(20)21)4-5-14(10)18/h1-8H,9H2. The molecule has 0 aliphatic rings. The van der Waals surface area contributed by atoms with Gasteiger partial charge in [-0.3, -0.25) is 10.1 Å². The van der Waals surface area contributed by atoms with Crippen LogP contribution < -0.4 is 0 Å². The highest BCUT2D eigenvalue weighted by Crippen LogP contribution is 2.28. The number of nitrogens with zero attached hydrogens (tertiary/aromatic N) is 2. The highest BCUT2D eigenvalue weighted by Gasteiger charge is 2.10. The highest BCUT2D eigenvalue weighted by atomic mass is 35.5. The zero-order chi connectivity index (χ0) is 15.0. The van der Waals surface area contributed by atoms with Gasteiger partial charge in [-0.25, -0.2) is 0 Å². The zero-order valence-corrected chi connectivity index (χ0v) is 12.3. The van der Waals surface area contributed by atoms with Crippen LogP contribution in [0.2, 0.25) is 10.0 Å². The average molecular weight is 321 g/mol. The van der Waals surface area contributed by atoms with E-state index in [2.05, 4.69) is 0 Å². The van der Waals surface area contributed by atoms with E-state index in [0.29, 0.717) is 16.6 Å². The molecular weight excluding hydrogens is 311 g/mol. The van der Waals surface area contributed by atoms with Crippen LogP contribution in [-0.4, -0.2) is 9.49 Å². The number of rotatable bonds is 3. The van der Waals surface area contributed by atoms with Gasteiger partial charge < -0.3 is 4.57 Å². The van der Waals surface area contributed by atoms with Gasteiger partial charge in [-0.1, -0.05) is 35.3 Å². The number of halogens is 2. The van der Waals surface area contributed by atoms with E-state index in [1.165, 1.54) is 6.07 Å². The quantitative estimate of drug-likeness (QED) is 0.508. The minimum atomic E-state index is -0.398. The minimum Gasteiger partial charge on any atom is -0.343 e. The van der Waals surface area contributed by atoms with Gasteiger partial charge in [0.15, 0.2) is 0 Å². The molecule has 4 nitrogen and oxygen atoms in total. The number of non-ortho nitro benzene ring substituents is 1. The molecule has 3 rings (SSSR count). The fourth-order valence-corrected chi connectivity index (χ4v) is 2.67. The summed E-state index contributed by atoms with van der Waals surface area (Å²) in [5.74, 6) is 0. The first kappa shape index (κ1) is 13.9. The van der Waals surface area contributed by atoms with Gasteiger partial charge in [0.05, 0.1) is 15.0 Å². The lowest BCUT2D eigenvalue weighted by atomic mass is 10.2. The van der Waals surface area contributed by atoms with Gasteiger partial charge in [0.2, 0.25) is 0 Å². The molecule has 0 amide bonds. The number of nitro groups is 1. The molecule has 1 aromatic heterocycles. The monoisotopic (exact) mass is 320 g/mol. The Morgan fingerprint density at radius 1 is 1.14 bits per heavy atom. The molecule has 0 radical (unpaired) electrons. The second-order valence-electron chi connectivity index (χ2n) is 4.66. The maximum Gasteiger partial charge on any atom is 0.270 e. The van der Waals surface area contributed by atoms with Crippen LogP contribution in [0.4, 0.5) is 5.69 Å². The van der Waals surface area contributed by atoms with E-state index in [1.54, 1.807) is 18.2 Å². The molecule has 3 aromatic rings. The Morgan fingerprint density at radius 3 is 2.71 bits per heavy atom. The van der Waals surface area contributed by atoms with E-state index in [-0.39, 0.29) is 5.69 Å². The van der Waals surface area contributed by atoms with Gasteiger partial charge in [0.1, 0.15) is 0 Å². The Kier molecular flexibility index (Phi) is 3.57. The van der Waals surface area contributed by atoms with E-state index >= 15 is 0 Å². The molecule has 106 valence electrons. The van der Waals surface area contributed by atoms with Crippen molar-refractivity contribution in [3.8, 4) is 0 Å². The molecule has 0 N–H and O–H groups in total. The minimum absolute atomic E-state index is 0.0843. The van der Waals surface area contributed by atoms with Gasteiger partial charge in [-0.2, -0.15) is 0 Å². The summed E-state index contributed by atoms with van der Waals surface area (Å²) in [5, 5.41) is 12.7. The second-order valence-corrected chi connectivity index (χ2v) is 5.44. The van der Waals surface area contributed by atoms with E-state index in [0.717, 1.165) is 16.5 Å². The number of hydrogen-bond donors (Lipinski definition) is 0. The van der Waals surface area contributed by atoms with Crippen LogP contribution in [0.5, 0.6) is 0 Å². The molecule has 0 unspecified atom stereocenters. The van der Waals surface area contributed by atoms with E-state index < -0.39 is 4.92 Å². The van der Waals surface area contributed by atoms with Gasteiger partial charge in [-0.15, -0.1) is 0 Å². The Bertz CT molecular complexity index is 843. The molecular formula is C15H10Cl2N2O2. The van der Waals surface area contributed by atoms with Crippen molar-refractivity contribution >= 4 is 39.8 Å². The van der Waals surface area contributed by atoms with Gasteiger partial charge in [0, 0.05) is 35.8 Å². The second kappa shape index (κ2) is 5.39. The van der Waals surface area contributed by atoms with Crippen molar-refractivity contribution in [3.05, 3.63) is 74.4 Å². The number of benzene rings is 2. The normalized spacial score (nSPS) is 11.0. The van der Waals surface area contributed by atoms with Gasteiger partial charge in [-0.05, 0) is 23.8 Å². The predicted octanol–water partition coefficient (Wildman–Crippen LogP) is 4.90. The maximum absolute atomic E-state index is 10.8. The molecule has 0 atom stereocenters. The smallest absolute Gasteiger partial charge is 0.270 e. The molecule has 21 heavy (non-hydrogen) atoms. The van der Waals surface area contributed by atoms with Crippen LogP contribution in [0, 0.1) is 10.1 Å². The van der Waals surface area contributed by atoms with Crippen molar-refractivity contribution in [1.82, 2.24) is 4.57 Å². The lowest BCUT2D eigenvalue weighted by Gasteiger charge is -2.08. The van der Waals surface area contributed by atoms with Crippen molar-refractivity contribution in [2.45, 2.75) is 6.54 Å². The lowest BCUT2D eigenvalue weighted by molar-refractivity contribution is -0.384. The third-order valence-electron chi connectivity index (χ3n) is 3.34. The Morgan fingerprint density at radius 2 is 1.95 bits per heavy atom. The maximum atomic E-state index is 10.8. The lowest BCUT2D eigenvalue weighted by Crippen LogP contribution is -1.99. The average Bonchev–Trinajstić information content (AvgIpc) is 2.86. The van der Waals surface area contributed by atoms with Crippen molar-refractivity contribution in [2.24, 2.45) is 0 Å². The van der Waals surface area contributed by atoms with Crippen LogP contribution in [0.3, 0.4) is 0 Å². The Hall–Kier alpha value is -2.04. The molecule has 0 aliphatic carbocycles. The van der Waals surface area contributed by atoms with Crippen molar-refractivity contribution in [2.75, 3.05) is 0 Å². The highest BCUT2D eigenvalue weighted by molar-refractivity contribution is 6.42. The summed E-state index contributed by atoms with van der Waals surface area (Å²) < 4.78 is 1.98. The topological polar surface area (TPSA) is 48.1 Å². The summed E-state index contributed by atoms with van der Waals surface area (Å²) in [4.78, 5) is 10.4. The molecule has 0 spiro atoms. The summed E-state index contributed by atoms with van der Waals surface area (Å²) in [7, 11) is 0. The van der Waals surface area contributed by atoms with E-state index in [9.17, 15) is 10.1 Å². The number of hydrogen-bond acceptors (Lipinski definition) is 2. The fourth-order valence-electron chi connectivity index (χ4n) is 2.29. The molecule has 0 saturated heterocycles. The Balaban J connectivity index is 2.02. The summed E-state index contributed by atoms with van der Waals surface area (Å²) in [6.45, 7) is 0.556. The van der Waals surface area contributed by atoms with Gasteiger partial charge >= 0.3 is 0 Å². The third kappa shape index (κ3) is 2.60. The number of aromatic nitrogens is 1. The summed E-state index contributed by atoms with van der Waals surface area (Å²) in [5.41, 5.74) is 1.90. The summed E-state index contributed by atoms with van der Waals surface area (Å²) >= 11 is 12.2. The molecule has 0 bridgehead atoms. The summed E-state index contributed by atoms with van der Waals surface area (Å²) in [6, 6.07) is 12.1. The number of nitro benzene ring substituents is 1. The predicted molar refractivity (Wildman–Crippen MR) is 84.2 cm³/mol. The van der Waals surface area contributed by atoms with Crippen LogP contribution in [-0.2, 0) is 6.54 Å². The molecule has 0 fully saturated rings. The van der Waals surface area contributed by atoms with Crippen LogP contribution in [0.1, 0.15) is 5.56 Å². The Labute approximate surface area is 130 Å². The zero-order valence-electron chi connectivity index (χ0n) is 10.8. The summed E-state index contributed by atoms with van der Waals surface area (Å²) in [6.07, 6.45) is 1.88. The van der Waals surface area contributed by atoms with E-state index in [4.69, 9.17) is 23.2 Å². The molecule has 1 heterocycles. The molecule has 6 heteroatoms. The van der Waals surface area contributed by atoms with Crippen molar-refractivity contribution < 1.29 is 4.92 Å². The first-order valence-electron chi connectivity index (χ1n) is 6.22. The third-order valence-corrected chi connectivity index (χ3v) is 4.20. The molecule has 0 aliphatic heterocycles. The number of fused-ring (bicyclic) bond motifs is 1. The molecule has 0 saturated carbocycles. The van der Waals surface area contributed by atoms with Crippen LogP contribution >= 0.6 is 23.2 Å². The first-order valence-corrected chi connectivity index (χ1v) is 6.98.